The molecule has 0 bridgehead atoms. The molecule has 2 atom stereocenters. The molecule has 1 aromatic rings. The van der Waals surface area contributed by atoms with Crippen molar-refractivity contribution in [3.05, 3.63) is 35.1 Å². The van der Waals surface area contributed by atoms with Gasteiger partial charge in [0.15, 0.2) is 6.04 Å². The number of aliphatic hydroxyl groups is 1. The Labute approximate surface area is 103 Å². The van der Waals surface area contributed by atoms with Crippen molar-refractivity contribution in [2.45, 2.75) is 26.0 Å². The molecule has 1 aromatic carbocycles. The second-order valence-electron chi connectivity index (χ2n) is 3.99. The molecule has 0 fully saturated rings. The van der Waals surface area contributed by atoms with E-state index in [-0.39, 0.29) is 5.56 Å². The van der Waals surface area contributed by atoms with Gasteiger partial charge in [-0.2, -0.15) is 0 Å². The minimum atomic E-state index is -1.43. The van der Waals surface area contributed by atoms with E-state index in [9.17, 15) is 19.1 Å². The molecule has 1 amide bonds. The molecule has 0 spiro atoms. The smallest absolute Gasteiger partial charge is 0.328 e. The maximum absolute atomic E-state index is 13.2. The van der Waals surface area contributed by atoms with Crippen LogP contribution < -0.4 is 5.32 Å². The lowest BCUT2D eigenvalue weighted by Crippen LogP contribution is -2.47. The molecule has 98 valence electrons. The molecule has 1 rings (SSSR count). The highest BCUT2D eigenvalue weighted by molar-refractivity contribution is 5.96. The number of carboxylic acids is 1. The van der Waals surface area contributed by atoms with Gasteiger partial charge in [-0.1, -0.05) is 6.07 Å². The molecule has 0 aliphatic rings. The number of rotatable bonds is 4. The van der Waals surface area contributed by atoms with Crippen molar-refractivity contribution in [2.75, 3.05) is 0 Å². The lowest BCUT2D eigenvalue weighted by molar-refractivity contribution is -0.141. The maximum atomic E-state index is 13.2. The molecule has 18 heavy (non-hydrogen) atoms. The van der Waals surface area contributed by atoms with Gasteiger partial charge in [0, 0.05) is 5.56 Å². The summed E-state index contributed by atoms with van der Waals surface area (Å²) in [5.41, 5.74) is 0.391. The molecule has 0 saturated carbocycles. The average Bonchev–Trinajstić information content (AvgIpc) is 2.28. The van der Waals surface area contributed by atoms with Crippen LogP contribution in [-0.2, 0) is 4.79 Å². The molecule has 0 radical (unpaired) electrons. The third-order valence-corrected chi connectivity index (χ3v) is 2.47. The van der Waals surface area contributed by atoms with E-state index < -0.39 is 29.8 Å². The summed E-state index contributed by atoms with van der Waals surface area (Å²) in [7, 11) is 0. The van der Waals surface area contributed by atoms with E-state index >= 15 is 0 Å². The van der Waals surface area contributed by atoms with Gasteiger partial charge in [0.1, 0.15) is 5.82 Å². The fourth-order valence-electron chi connectivity index (χ4n) is 1.35. The van der Waals surface area contributed by atoms with E-state index in [4.69, 9.17) is 5.11 Å². The molecule has 0 heterocycles. The van der Waals surface area contributed by atoms with E-state index in [0.717, 1.165) is 6.07 Å². The van der Waals surface area contributed by atoms with Gasteiger partial charge in [-0.25, -0.2) is 9.18 Å². The number of hydrogen-bond donors (Lipinski definition) is 3. The molecule has 5 nitrogen and oxygen atoms in total. The number of halogens is 1. The number of nitrogens with one attached hydrogen (secondary N) is 1. The zero-order valence-corrected chi connectivity index (χ0v) is 9.98. The van der Waals surface area contributed by atoms with E-state index in [1.54, 1.807) is 6.92 Å². The van der Waals surface area contributed by atoms with Crippen LogP contribution in [0.1, 0.15) is 22.8 Å². The number of aryl methyl sites for hydroxylation is 1. The Bertz CT molecular complexity index is 473. The SMILES string of the molecule is Cc1ccc(C(=O)NC(C(=O)O)C(C)O)cc1F. The average molecular weight is 255 g/mol. The van der Waals surface area contributed by atoms with Crippen LogP contribution in [0.25, 0.3) is 0 Å². The molecule has 0 aromatic heterocycles. The minimum Gasteiger partial charge on any atom is -0.480 e. The van der Waals surface area contributed by atoms with Gasteiger partial charge < -0.3 is 15.5 Å². The molecule has 2 unspecified atom stereocenters. The fraction of sp³-hybridized carbons (Fsp3) is 0.333. The van der Waals surface area contributed by atoms with Crippen molar-refractivity contribution < 1.29 is 24.2 Å². The standard InChI is InChI=1S/C12H14FNO4/c1-6-3-4-8(5-9(6)13)11(16)14-10(7(2)15)12(17)18/h3-5,7,10,15H,1-2H3,(H,14,16)(H,17,18). The van der Waals surface area contributed by atoms with Gasteiger partial charge in [0.2, 0.25) is 0 Å². The van der Waals surface area contributed by atoms with Crippen molar-refractivity contribution in [3.8, 4) is 0 Å². The van der Waals surface area contributed by atoms with Crippen molar-refractivity contribution in [2.24, 2.45) is 0 Å². The lowest BCUT2D eigenvalue weighted by atomic mass is 10.1. The normalized spacial score (nSPS) is 13.8. The second-order valence-corrected chi connectivity index (χ2v) is 3.99. The first-order valence-corrected chi connectivity index (χ1v) is 5.31. The van der Waals surface area contributed by atoms with Crippen molar-refractivity contribution in [1.82, 2.24) is 5.32 Å². The molecule has 3 N–H and O–H groups in total. The first-order chi connectivity index (χ1) is 8.32. The first-order valence-electron chi connectivity index (χ1n) is 5.31. The Morgan fingerprint density at radius 1 is 1.39 bits per heavy atom. The highest BCUT2D eigenvalue weighted by Crippen LogP contribution is 2.09. The number of carbonyl (C=O) groups excluding carboxylic acids is 1. The van der Waals surface area contributed by atoms with Gasteiger partial charge in [0.05, 0.1) is 6.10 Å². The van der Waals surface area contributed by atoms with Crippen molar-refractivity contribution in [1.29, 1.82) is 0 Å². The van der Waals surface area contributed by atoms with Crippen LogP contribution >= 0.6 is 0 Å². The molecule has 0 aliphatic carbocycles. The second kappa shape index (κ2) is 5.59. The molecule has 0 aliphatic heterocycles. The Balaban J connectivity index is 2.87. The van der Waals surface area contributed by atoms with Crippen LogP contribution in [0.3, 0.4) is 0 Å². The molecular formula is C12H14FNO4. The Kier molecular flexibility index (Phi) is 4.38. The number of aliphatic hydroxyl groups excluding tert-OH is 1. The number of carboxylic acid groups (broad SMARTS) is 1. The van der Waals surface area contributed by atoms with E-state index in [1.807, 2.05) is 0 Å². The third kappa shape index (κ3) is 3.27. The van der Waals surface area contributed by atoms with Crippen molar-refractivity contribution in [3.63, 3.8) is 0 Å². The van der Waals surface area contributed by atoms with Gasteiger partial charge in [-0.15, -0.1) is 0 Å². The third-order valence-electron chi connectivity index (χ3n) is 2.47. The Morgan fingerprint density at radius 2 is 2.00 bits per heavy atom. The van der Waals surface area contributed by atoms with Crippen LogP contribution in [0.5, 0.6) is 0 Å². The van der Waals surface area contributed by atoms with Crippen LogP contribution in [0.2, 0.25) is 0 Å². The Hall–Kier alpha value is -1.95. The lowest BCUT2D eigenvalue weighted by Gasteiger charge is -2.17. The number of carbonyl (C=O) groups is 2. The maximum Gasteiger partial charge on any atom is 0.328 e. The Morgan fingerprint density at radius 3 is 2.44 bits per heavy atom. The van der Waals surface area contributed by atoms with Gasteiger partial charge in [-0.3, -0.25) is 4.79 Å². The summed E-state index contributed by atoms with van der Waals surface area (Å²) < 4.78 is 13.2. The fourth-order valence-corrected chi connectivity index (χ4v) is 1.35. The summed E-state index contributed by atoms with van der Waals surface area (Å²) in [6, 6.07) is 2.39. The topological polar surface area (TPSA) is 86.6 Å². The zero-order chi connectivity index (χ0) is 13.9. The number of amides is 1. The van der Waals surface area contributed by atoms with E-state index in [1.165, 1.54) is 19.1 Å². The molecule has 0 saturated heterocycles. The number of benzene rings is 1. The van der Waals surface area contributed by atoms with Crippen LogP contribution in [0, 0.1) is 12.7 Å². The van der Waals surface area contributed by atoms with E-state index in [0.29, 0.717) is 5.56 Å². The highest BCUT2D eigenvalue weighted by Gasteiger charge is 2.25. The minimum absolute atomic E-state index is 0.00463. The van der Waals surface area contributed by atoms with Crippen LogP contribution in [0.15, 0.2) is 18.2 Å². The number of hydrogen-bond acceptors (Lipinski definition) is 3. The largest absolute Gasteiger partial charge is 0.480 e. The summed E-state index contributed by atoms with van der Waals surface area (Å²) in [6.45, 7) is 2.79. The van der Waals surface area contributed by atoms with Gasteiger partial charge in [-0.05, 0) is 31.5 Å². The summed E-state index contributed by atoms with van der Waals surface area (Å²) in [5, 5.41) is 20.1. The van der Waals surface area contributed by atoms with Crippen LogP contribution in [0.4, 0.5) is 4.39 Å². The quantitative estimate of drug-likeness (QED) is 0.739. The van der Waals surface area contributed by atoms with Gasteiger partial charge in [0.25, 0.3) is 5.91 Å². The molecule has 6 heteroatoms. The van der Waals surface area contributed by atoms with Gasteiger partial charge >= 0.3 is 5.97 Å². The van der Waals surface area contributed by atoms with Crippen molar-refractivity contribution >= 4 is 11.9 Å². The summed E-state index contributed by atoms with van der Waals surface area (Å²) >= 11 is 0. The zero-order valence-electron chi connectivity index (χ0n) is 9.98. The summed E-state index contributed by atoms with van der Waals surface area (Å²) in [5.74, 6) is -2.65. The van der Waals surface area contributed by atoms with E-state index in [2.05, 4.69) is 5.32 Å². The molecular weight excluding hydrogens is 241 g/mol. The predicted molar refractivity (Wildman–Crippen MR) is 61.7 cm³/mol. The highest BCUT2D eigenvalue weighted by atomic mass is 19.1. The van der Waals surface area contributed by atoms with Crippen LogP contribution in [-0.4, -0.2) is 34.2 Å². The summed E-state index contributed by atoms with van der Waals surface area (Å²) in [4.78, 5) is 22.5. The first kappa shape index (κ1) is 14.1. The summed E-state index contributed by atoms with van der Waals surface area (Å²) in [6.07, 6.45) is -1.25. The number of aliphatic carboxylic acids is 1. The predicted octanol–water partition coefficient (Wildman–Crippen LogP) is 0.698. The monoisotopic (exact) mass is 255 g/mol.